The van der Waals surface area contributed by atoms with Gasteiger partial charge in [0.1, 0.15) is 28.0 Å². The van der Waals surface area contributed by atoms with Gasteiger partial charge in [0, 0.05) is 32.0 Å². The van der Waals surface area contributed by atoms with Crippen molar-refractivity contribution >= 4 is 49.5 Å². The van der Waals surface area contributed by atoms with Crippen LogP contribution in [0.1, 0.15) is 32.2 Å². The van der Waals surface area contributed by atoms with Gasteiger partial charge in [0.05, 0.1) is 10.7 Å². The molecule has 0 amide bonds. The van der Waals surface area contributed by atoms with E-state index in [9.17, 15) is 14.3 Å². The number of carboxylic acids is 1. The monoisotopic (exact) mass is 562 g/mol. The second-order valence-electron chi connectivity index (χ2n) is 7.97. The molecule has 11 nitrogen and oxygen atoms in total. The molecule has 1 fully saturated rings. The number of nitrogens with zero attached hydrogens (tertiary/aromatic N) is 8. The molecular weight excluding hydrogens is 543 g/mol. The quantitative estimate of drug-likeness (QED) is 0.355. The number of anilines is 1. The summed E-state index contributed by atoms with van der Waals surface area (Å²) in [5.74, 6) is 0.00336. The van der Waals surface area contributed by atoms with E-state index in [4.69, 9.17) is 4.74 Å². The Morgan fingerprint density at radius 3 is 2.89 bits per heavy atom. The van der Waals surface area contributed by atoms with Gasteiger partial charge in [0.2, 0.25) is 11.8 Å². The SMILES string of the molecule is CCC(C(=O)O)n1nnnc1-c1nc2cnc(N3CCC(Oc4cc(F)ccc4Br)CC3)nc2s1. The minimum absolute atomic E-state index is 0.0392. The van der Waals surface area contributed by atoms with Crippen molar-refractivity contribution in [2.24, 2.45) is 0 Å². The van der Waals surface area contributed by atoms with Gasteiger partial charge in [-0.1, -0.05) is 18.3 Å². The number of ether oxygens (including phenoxy) is 1. The Balaban J connectivity index is 1.31. The van der Waals surface area contributed by atoms with Crippen LogP contribution in [0.25, 0.3) is 21.2 Å². The average molecular weight is 563 g/mol. The summed E-state index contributed by atoms with van der Waals surface area (Å²) in [5.41, 5.74) is 0.584. The Morgan fingerprint density at radius 2 is 2.14 bits per heavy atom. The lowest BCUT2D eigenvalue weighted by atomic mass is 10.1. The maximum absolute atomic E-state index is 13.6. The van der Waals surface area contributed by atoms with Crippen LogP contribution in [0.3, 0.4) is 0 Å². The number of rotatable bonds is 7. The molecule has 1 unspecified atom stereocenters. The van der Waals surface area contributed by atoms with E-state index in [-0.39, 0.29) is 17.7 Å². The van der Waals surface area contributed by atoms with Crippen molar-refractivity contribution in [3.05, 3.63) is 34.7 Å². The van der Waals surface area contributed by atoms with E-state index in [0.29, 0.717) is 46.6 Å². The summed E-state index contributed by atoms with van der Waals surface area (Å²) in [7, 11) is 0. The molecule has 4 heterocycles. The number of hydrogen-bond donors (Lipinski definition) is 1. The van der Waals surface area contributed by atoms with Crippen LogP contribution < -0.4 is 9.64 Å². The smallest absolute Gasteiger partial charge is 0.328 e. The zero-order valence-electron chi connectivity index (χ0n) is 18.5. The number of halogens is 2. The normalized spacial score (nSPS) is 15.5. The maximum Gasteiger partial charge on any atom is 0.328 e. The topological polar surface area (TPSA) is 132 Å². The number of carbonyl (C=O) groups is 1. The van der Waals surface area contributed by atoms with Gasteiger partial charge < -0.3 is 14.7 Å². The molecule has 1 atom stereocenters. The zero-order chi connectivity index (χ0) is 24.5. The van der Waals surface area contributed by atoms with E-state index < -0.39 is 12.0 Å². The first kappa shape index (κ1) is 23.5. The largest absolute Gasteiger partial charge is 0.489 e. The minimum atomic E-state index is -1.01. The molecule has 1 aliphatic heterocycles. The fraction of sp³-hybridized carbons (Fsp3) is 0.381. The number of tetrazole rings is 1. The lowest BCUT2D eigenvalue weighted by Gasteiger charge is -2.32. The second kappa shape index (κ2) is 9.77. The van der Waals surface area contributed by atoms with Crippen LogP contribution in [0.4, 0.5) is 10.3 Å². The first-order valence-corrected chi connectivity index (χ1v) is 12.5. The van der Waals surface area contributed by atoms with E-state index in [1.165, 1.54) is 28.2 Å². The molecule has 0 saturated carbocycles. The molecule has 1 aliphatic rings. The fourth-order valence-corrected chi connectivity index (χ4v) is 5.11. The number of aromatic nitrogens is 7. The number of carboxylic acid groups (broad SMARTS) is 1. The van der Waals surface area contributed by atoms with E-state index in [1.807, 2.05) is 0 Å². The molecule has 4 aromatic rings. The molecule has 0 aliphatic carbocycles. The van der Waals surface area contributed by atoms with E-state index in [2.05, 4.69) is 51.3 Å². The van der Waals surface area contributed by atoms with E-state index in [0.717, 1.165) is 17.3 Å². The van der Waals surface area contributed by atoms with Gasteiger partial charge in [-0.15, -0.1) is 5.10 Å². The highest BCUT2D eigenvalue weighted by atomic mass is 79.9. The zero-order valence-corrected chi connectivity index (χ0v) is 20.9. The van der Waals surface area contributed by atoms with Crippen molar-refractivity contribution in [2.75, 3.05) is 18.0 Å². The number of thiazole rings is 1. The summed E-state index contributed by atoms with van der Waals surface area (Å²) >= 11 is 4.68. The third-order valence-corrected chi connectivity index (χ3v) is 7.32. The highest BCUT2D eigenvalue weighted by molar-refractivity contribution is 9.10. The fourth-order valence-electron chi connectivity index (χ4n) is 3.89. The Labute approximate surface area is 211 Å². The number of fused-ring (bicyclic) bond motifs is 1. The molecule has 3 aromatic heterocycles. The molecule has 0 radical (unpaired) electrons. The van der Waals surface area contributed by atoms with E-state index in [1.54, 1.807) is 19.2 Å². The van der Waals surface area contributed by atoms with E-state index >= 15 is 0 Å². The van der Waals surface area contributed by atoms with Gasteiger partial charge in [-0.05, 0) is 44.9 Å². The highest BCUT2D eigenvalue weighted by Gasteiger charge is 2.26. The summed E-state index contributed by atoms with van der Waals surface area (Å²) < 4.78 is 21.5. The van der Waals surface area contributed by atoms with Crippen LogP contribution in [0.15, 0.2) is 28.9 Å². The molecular formula is C21H20BrFN8O3S. The van der Waals surface area contributed by atoms with Gasteiger partial charge in [-0.3, -0.25) is 0 Å². The Hall–Kier alpha value is -3.26. The molecule has 0 spiro atoms. The van der Waals surface area contributed by atoms with Crippen molar-refractivity contribution in [3.63, 3.8) is 0 Å². The number of hydrogen-bond acceptors (Lipinski definition) is 10. The first-order chi connectivity index (χ1) is 16.9. The average Bonchev–Trinajstić information content (AvgIpc) is 3.49. The van der Waals surface area contributed by atoms with Crippen molar-refractivity contribution < 1.29 is 19.0 Å². The van der Waals surface area contributed by atoms with Crippen molar-refractivity contribution in [1.82, 2.24) is 35.2 Å². The van der Waals surface area contributed by atoms with Crippen LogP contribution >= 0.6 is 27.3 Å². The molecule has 1 saturated heterocycles. The predicted octanol–water partition coefficient (Wildman–Crippen LogP) is 3.72. The molecule has 35 heavy (non-hydrogen) atoms. The van der Waals surface area contributed by atoms with Crippen molar-refractivity contribution in [2.45, 2.75) is 38.3 Å². The van der Waals surface area contributed by atoms with Crippen LogP contribution in [0.2, 0.25) is 0 Å². The summed E-state index contributed by atoms with van der Waals surface area (Å²) in [6.07, 6.45) is 3.41. The standard InChI is InChI=1S/C21H20BrFN8O3S/c1-2-15(20(32)33)31-17(27-28-29-31)19-25-14-10-24-21(26-18(14)35-19)30-7-5-12(6-8-30)34-16-9-11(23)3-4-13(16)22/h3-4,9-10,12,15H,2,5-8H2,1H3,(H,32,33). The summed E-state index contributed by atoms with van der Waals surface area (Å²) in [4.78, 5) is 28.0. The molecule has 1 aromatic carbocycles. The van der Waals surface area contributed by atoms with Gasteiger partial charge in [0.25, 0.3) is 0 Å². The number of benzene rings is 1. The van der Waals surface area contributed by atoms with Crippen LogP contribution in [-0.4, -0.2) is 65.4 Å². The third-order valence-electron chi connectivity index (χ3n) is 5.70. The highest BCUT2D eigenvalue weighted by Crippen LogP contribution is 2.31. The molecule has 182 valence electrons. The molecule has 0 bridgehead atoms. The second-order valence-corrected chi connectivity index (χ2v) is 9.80. The number of piperidine rings is 1. The van der Waals surface area contributed by atoms with Gasteiger partial charge in [0.15, 0.2) is 11.0 Å². The summed E-state index contributed by atoms with van der Waals surface area (Å²) in [6.45, 7) is 3.12. The van der Waals surface area contributed by atoms with Gasteiger partial charge in [-0.2, -0.15) is 0 Å². The predicted molar refractivity (Wildman–Crippen MR) is 129 cm³/mol. The van der Waals surface area contributed by atoms with Crippen molar-refractivity contribution in [1.29, 1.82) is 0 Å². The molecule has 14 heteroatoms. The summed E-state index contributed by atoms with van der Waals surface area (Å²) in [5, 5.41) is 21.4. The molecule has 1 N–H and O–H groups in total. The number of aliphatic carboxylic acids is 1. The first-order valence-electron chi connectivity index (χ1n) is 10.9. The Morgan fingerprint density at radius 1 is 1.34 bits per heavy atom. The van der Waals surface area contributed by atoms with Crippen LogP contribution in [0, 0.1) is 5.82 Å². The minimum Gasteiger partial charge on any atom is -0.489 e. The van der Waals surface area contributed by atoms with Crippen molar-refractivity contribution in [3.8, 4) is 16.6 Å². The van der Waals surface area contributed by atoms with Gasteiger partial charge >= 0.3 is 5.97 Å². The Kier molecular flexibility index (Phi) is 6.56. The lowest BCUT2D eigenvalue weighted by Crippen LogP contribution is -2.39. The van der Waals surface area contributed by atoms with Gasteiger partial charge in [-0.25, -0.2) is 28.8 Å². The maximum atomic E-state index is 13.6. The Bertz CT molecular complexity index is 1370. The van der Waals surface area contributed by atoms with Crippen LogP contribution in [-0.2, 0) is 4.79 Å². The lowest BCUT2D eigenvalue weighted by molar-refractivity contribution is -0.141. The summed E-state index contributed by atoms with van der Waals surface area (Å²) in [6, 6.07) is 3.51. The third kappa shape index (κ3) is 4.80. The van der Waals surface area contributed by atoms with Crippen LogP contribution in [0.5, 0.6) is 5.75 Å². The molecule has 5 rings (SSSR count).